The average Bonchev–Trinajstić information content (AvgIpc) is 2.17. The third kappa shape index (κ3) is 1.31. The number of hydrogen-bond acceptors (Lipinski definition) is 2. The van der Waals surface area contributed by atoms with Crippen LogP contribution in [0.4, 0.5) is 0 Å². The molecule has 0 radical (unpaired) electrons. The van der Waals surface area contributed by atoms with Crippen molar-refractivity contribution in [3.63, 3.8) is 0 Å². The van der Waals surface area contributed by atoms with Crippen LogP contribution in [0.1, 0.15) is 20.3 Å². The summed E-state index contributed by atoms with van der Waals surface area (Å²) in [6, 6.07) is 0. The third-order valence-electron chi connectivity index (χ3n) is 1.78. The summed E-state index contributed by atoms with van der Waals surface area (Å²) in [4.78, 5) is 21.9. The highest BCUT2D eigenvalue weighted by Crippen LogP contribution is 2.17. The number of amides is 2. The first-order valence-corrected chi connectivity index (χ1v) is 3.72. The molecule has 2 amide bonds. The molecular weight excluding hydrogens is 142 g/mol. The van der Waals surface area contributed by atoms with E-state index in [9.17, 15) is 9.59 Å². The summed E-state index contributed by atoms with van der Waals surface area (Å²) in [6.07, 6.45) is 2.59. The molecule has 1 aliphatic heterocycles. The highest BCUT2D eigenvalue weighted by molar-refractivity contribution is 6.14. The molecule has 3 nitrogen and oxygen atoms in total. The second kappa shape index (κ2) is 2.86. The molecule has 0 aromatic rings. The number of carbonyl (C=O) groups is 2. The lowest BCUT2D eigenvalue weighted by molar-refractivity contribution is -0.125. The Balaban J connectivity index is 2.88. The fraction of sp³-hybridized carbons (Fsp3) is 0.500. The van der Waals surface area contributed by atoms with Crippen LogP contribution in [0.5, 0.6) is 0 Å². The lowest BCUT2D eigenvalue weighted by atomic mass is 10.0. The molecule has 1 unspecified atom stereocenters. The van der Waals surface area contributed by atoms with E-state index in [1.165, 1.54) is 0 Å². The largest absolute Gasteiger partial charge is 0.292 e. The van der Waals surface area contributed by atoms with Gasteiger partial charge in [0, 0.05) is 5.57 Å². The maximum absolute atomic E-state index is 11.0. The highest BCUT2D eigenvalue weighted by Gasteiger charge is 2.31. The van der Waals surface area contributed by atoms with Gasteiger partial charge >= 0.3 is 0 Å². The molecule has 0 saturated carbocycles. The Morgan fingerprint density at radius 1 is 1.55 bits per heavy atom. The second-order valence-corrected chi connectivity index (χ2v) is 2.61. The van der Waals surface area contributed by atoms with Gasteiger partial charge in [0.15, 0.2) is 0 Å². The molecule has 3 heteroatoms. The molecule has 60 valence electrons. The van der Waals surface area contributed by atoms with Crippen LogP contribution in [-0.2, 0) is 9.59 Å². The quantitative estimate of drug-likeness (QED) is 0.443. The number of allylic oxidation sites excluding steroid dienone is 1. The maximum Gasteiger partial charge on any atom is 0.254 e. The van der Waals surface area contributed by atoms with Crippen molar-refractivity contribution < 1.29 is 9.59 Å². The van der Waals surface area contributed by atoms with Crippen LogP contribution in [0.25, 0.3) is 0 Å². The number of imide groups is 1. The Labute approximate surface area is 65.5 Å². The van der Waals surface area contributed by atoms with E-state index in [-0.39, 0.29) is 17.7 Å². The van der Waals surface area contributed by atoms with Crippen molar-refractivity contribution in [1.82, 2.24) is 5.32 Å². The van der Waals surface area contributed by atoms with E-state index in [2.05, 4.69) is 5.32 Å². The average molecular weight is 153 g/mol. The minimum absolute atomic E-state index is 0.185. The molecule has 11 heavy (non-hydrogen) atoms. The SMILES string of the molecule is CC/C=C1/C(=O)NC(=O)C1C. The highest BCUT2D eigenvalue weighted by atomic mass is 16.2. The van der Waals surface area contributed by atoms with Crippen LogP contribution in [0.2, 0.25) is 0 Å². The van der Waals surface area contributed by atoms with Gasteiger partial charge in [0.2, 0.25) is 5.91 Å². The summed E-state index contributed by atoms with van der Waals surface area (Å²) >= 11 is 0. The van der Waals surface area contributed by atoms with Gasteiger partial charge in [0.1, 0.15) is 0 Å². The Morgan fingerprint density at radius 2 is 2.18 bits per heavy atom. The van der Waals surface area contributed by atoms with E-state index in [0.717, 1.165) is 6.42 Å². The Bertz CT molecular complexity index is 230. The van der Waals surface area contributed by atoms with Crippen molar-refractivity contribution in [3.8, 4) is 0 Å². The molecule has 1 saturated heterocycles. The summed E-state index contributed by atoms with van der Waals surface area (Å²) in [5, 5.41) is 2.26. The Kier molecular flexibility index (Phi) is 2.08. The standard InChI is InChI=1S/C8H11NO2/c1-3-4-6-5(2)7(10)9-8(6)11/h4-5H,3H2,1-2H3,(H,9,10,11)/b6-4+. The van der Waals surface area contributed by atoms with Crippen molar-refractivity contribution in [3.05, 3.63) is 11.6 Å². The van der Waals surface area contributed by atoms with Gasteiger partial charge in [-0.05, 0) is 13.3 Å². The minimum atomic E-state index is -0.262. The van der Waals surface area contributed by atoms with E-state index in [1.54, 1.807) is 13.0 Å². The van der Waals surface area contributed by atoms with Crippen molar-refractivity contribution in [2.24, 2.45) is 5.92 Å². The van der Waals surface area contributed by atoms with Crippen molar-refractivity contribution >= 4 is 11.8 Å². The molecule has 0 bridgehead atoms. The first kappa shape index (κ1) is 7.98. The van der Waals surface area contributed by atoms with Crippen molar-refractivity contribution in [2.75, 3.05) is 0 Å². The monoisotopic (exact) mass is 153 g/mol. The van der Waals surface area contributed by atoms with E-state index < -0.39 is 0 Å². The van der Waals surface area contributed by atoms with Crippen LogP contribution in [0.3, 0.4) is 0 Å². The van der Waals surface area contributed by atoms with Gasteiger partial charge < -0.3 is 0 Å². The van der Waals surface area contributed by atoms with Gasteiger partial charge in [-0.2, -0.15) is 0 Å². The molecule has 1 heterocycles. The Morgan fingerprint density at radius 3 is 2.55 bits per heavy atom. The van der Waals surface area contributed by atoms with Gasteiger partial charge in [-0.3, -0.25) is 14.9 Å². The van der Waals surface area contributed by atoms with E-state index in [4.69, 9.17) is 0 Å². The summed E-state index contributed by atoms with van der Waals surface area (Å²) in [5.74, 6) is -0.679. The molecule has 1 rings (SSSR count). The maximum atomic E-state index is 11.0. The van der Waals surface area contributed by atoms with E-state index >= 15 is 0 Å². The zero-order valence-corrected chi connectivity index (χ0v) is 6.68. The van der Waals surface area contributed by atoms with Crippen LogP contribution < -0.4 is 5.32 Å². The van der Waals surface area contributed by atoms with Gasteiger partial charge in [0.25, 0.3) is 5.91 Å². The lowest BCUT2D eigenvalue weighted by Gasteiger charge is -1.96. The summed E-state index contributed by atoms with van der Waals surface area (Å²) < 4.78 is 0. The minimum Gasteiger partial charge on any atom is -0.292 e. The number of carbonyl (C=O) groups excluding carboxylic acids is 2. The van der Waals surface area contributed by atoms with Gasteiger partial charge in [-0.25, -0.2) is 0 Å². The first-order valence-electron chi connectivity index (χ1n) is 3.72. The zero-order valence-electron chi connectivity index (χ0n) is 6.68. The fourth-order valence-electron chi connectivity index (χ4n) is 1.12. The van der Waals surface area contributed by atoms with Crippen LogP contribution >= 0.6 is 0 Å². The van der Waals surface area contributed by atoms with Crippen LogP contribution in [0, 0.1) is 5.92 Å². The zero-order chi connectivity index (χ0) is 8.43. The van der Waals surface area contributed by atoms with E-state index in [1.807, 2.05) is 6.92 Å². The fourth-order valence-corrected chi connectivity index (χ4v) is 1.12. The number of nitrogens with one attached hydrogen (secondary N) is 1. The molecular formula is C8H11NO2. The second-order valence-electron chi connectivity index (χ2n) is 2.61. The molecule has 0 aromatic heterocycles. The first-order chi connectivity index (χ1) is 5.16. The molecule has 1 N–H and O–H groups in total. The molecule has 1 aliphatic rings. The van der Waals surface area contributed by atoms with E-state index in [0.29, 0.717) is 5.57 Å². The van der Waals surface area contributed by atoms with Crippen LogP contribution in [0.15, 0.2) is 11.6 Å². The van der Waals surface area contributed by atoms with Gasteiger partial charge in [-0.1, -0.05) is 13.0 Å². The summed E-state index contributed by atoms with van der Waals surface area (Å²) in [7, 11) is 0. The Hall–Kier alpha value is -1.12. The molecule has 0 aliphatic carbocycles. The van der Waals surface area contributed by atoms with Crippen molar-refractivity contribution in [2.45, 2.75) is 20.3 Å². The van der Waals surface area contributed by atoms with Crippen molar-refractivity contribution in [1.29, 1.82) is 0 Å². The summed E-state index contributed by atoms with van der Waals surface area (Å²) in [6.45, 7) is 3.68. The molecule has 0 spiro atoms. The summed E-state index contributed by atoms with van der Waals surface area (Å²) in [5.41, 5.74) is 0.609. The number of rotatable bonds is 1. The molecule has 0 aromatic carbocycles. The van der Waals surface area contributed by atoms with Gasteiger partial charge in [0.05, 0.1) is 5.92 Å². The molecule has 1 atom stereocenters. The number of hydrogen-bond donors (Lipinski definition) is 1. The molecule has 1 fully saturated rings. The third-order valence-corrected chi connectivity index (χ3v) is 1.78. The predicted molar refractivity (Wildman–Crippen MR) is 40.7 cm³/mol. The van der Waals surface area contributed by atoms with Gasteiger partial charge in [-0.15, -0.1) is 0 Å². The van der Waals surface area contributed by atoms with Crippen LogP contribution in [-0.4, -0.2) is 11.8 Å². The smallest absolute Gasteiger partial charge is 0.254 e. The normalized spacial score (nSPS) is 27.8. The topological polar surface area (TPSA) is 46.2 Å². The predicted octanol–water partition coefficient (Wildman–Crippen LogP) is 0.615. The lowest BCUT2D eigenvalue weighted by Crippen LogP contribution is -2.21.